The molecule has 1 amide bonds. The van der Waals surface area contributed by atoms with Crippen LogP contribution in [0.5, 0.6) is 0 Å². The largest absolute Gasteiger partial charge is 0.343 e. The van der Waals surface area contributed by atoms with Gasteiger partial charge in [0.25, 0.3) is 0 Å². The second kappa shape index (κ2) is 6.14. The van der Waals surface area contributed by atoms with Gasteiger partial charge in [0.2, 0.25) is 5.91 Å². The molecule has 0 aliphatic carbocycles. The average Bonchev–Trinajstić information content (AvgIpc) is 2.84. The maximum atomic E-state index is 12.9. The number of fused-ring (bicyclic) bond motifs is 2. The molecule has 0 spiro atoms. The Morgan fingerprint density at radius 2 is 1.86 bits per heavy atom. The molecule has 1 aromatic carbocycles. The maximum absolute atomic E-state index is 12.9. The number of halogens is 1. The predicted octanol–water partition coefficient (Wildman–Crippen LogP) is 2.50. The van der Waals surface area contributed by atoms with Crippen molar-refractivity contribution in [2.24, 2.45) is 0 Å². The summed E-state index contributed by atoms with van der Waals surface area (Å²) in [5.41, 5.74) is 1.02. The highest BCUT2D eigenvalue weighted by molar-refractivity contribution is 5.76. The molecule has 21 heavy (non-hydrogen) atoms. The number of hydrogen-bond acceptors (Lipinski definition) is 2. The summed E-state index contributed by atoms with van der Waals surface area (Å²) in [5.74, 6) is -0.0296. The summed E-state index contributed by atoms with van der Waals surface area (Å²) >= 11 is 0. The first-order chi connectivity index (χ1) is 10.1. The Morgan fingerprint density at radius 3 is 2.48 bits per heavy atom. The van der Waals surface area contributed by atoms with Gasteiger partial charge in [0.05, 0.1) is 0 Å². The monoisotopic (exact) mass is 290 g/mol. The van der Waals surface area contributed by atoms with Crippen molar-refractivity contribution in [2.75, 3.05) is 7.05 Å². The van der Waals surface area contributed by atoms with Gasteiger partial charge in [-0.15, -0.1) is 0 Å². The zero-order valence-electron chi connectivity index (χ0n) is 12.5. The summed E-state index contributed by atoms with van der Waals surface area (Å²) in [6, 6.07) is 8.00. The molecule has 0 aromatic heterocycles. The Balaban J connectivity index is 1.51. The van der Waals surface area contributed by atoms with Crippen molar-refractivity contribution >= 4 is 5.91 Å². The van der Waals surface area contributed by atoms with Crippen LogP contribution in [0.2, 0.25) is 0 Å². The number of hydrogen-bond donors (Lipinski definition) is 1. The van der Waals surface area contributed by atoms with Gasteiger partial charge >= 0.3 is 0 Å². The van der Waals surface area contributed by atoms with Crippen molar-refractivity contribution in [3.8, 4) is 0 Å². The number of amides is 1. The van der Waals surface area contributed by atoms with Gasteiger partial charge in [-0.25, -0.2) is 4.39 Å². The molecule has 0 saturated carbocycles. The number of nitrogens with zero attached hydrogens (tertiary/aromatic N) is 1. The molecule has 0 radical (unpaired) electrons. The highest BCUT2D eigenvalue weighted by atomic mass is 19.1. The summed E-state index contributed by atoms with van der Waals surface area (Å²) in [7, 11) is 1.93. The van der Waals surface area contributed by atoms with Gasteiger partial charge in [-0.05, 0) is 49.8 Å². The average molecular weight is 290 g/mol. The van der Waals surface area contributed by atoms with Gasteiger partial charge in [0.1, 0.15) is 5.82 Å². The molecule has 2 fully saturated rings. The van der Waals surface area contributed by atoms with E-state index in [1.54, 1.807) is 12.1 Å². The smallest absolute Gasteiger partial charge is 0.222 e. The van der Waals surface area contributed by atoms with Crippen molar-refractivity contribution in [2.45, 2.75) is 56.7 Å². The molecule has 1 aromatic rings. The number of piperidine rings is 1. The standard InChI is InChI=1S/C17H23FN2O/c1-20(16-10-14-7-8-15(11-16)19-14)17(21)9-4-12-2-5-13(18)6-3-12/h2-3,5-6,14-16,19H,4,7-11H2,1H3/t14-,15-/m0/s1. The minimum absolute atomic E-state index is 0.200. The van der Waals surface area contributed by atoms with Crippen LogP contribution in [0.4, 0.5) is 4.39 Å². The predicted molar refractivity (Wildman–Crippen MR) is 80.5 cm³/mol. The zero-order valence-corrected chi connectivity index (χ0v) is 12.5. The van der Waals surface area contributed by atoms with Gasteiger partial charge < -0.3 is 10.2 Å². The Morgan fingerprint density at radius 1 is 1.24 bits per heavy atom. The van der Waals surface area contributed by atoms with Crippen LogP contribution in [0.3, 0.4) is 0 Å². The fourth-order valence-electron chi connectivity index (χ4n) is 3.63. The second-order valence-corrected chi connectivity index (χ2v) is 6.39. The second-order valence-electron chi connectivity index (χ2n) is 6.39. The summed E-state index contributed by atoms with van der Waals surface area (Å²) in [6.45, 7) is 0. The van der Waals surface area contributed by atoms with Crippen molar-refractivity contribution in [3.05, 3.63) is 35.6 Å². The quantitative estimate of drug-likeness (QED) is 0.924. The van der Waals surface area contributed by atoms with Gasteiger partial charge in [0.15, 0.2) is 0 Å². The van der Waals surface area contributed by atoms with E-state index in [2.05, 4.69) is 5.32 Å². The summed E-state index contributed by atoms with van der Waals surface area (Å²) < 4.78 is 12.9. The van der Waals surface area contributed by atoms with Crippen molar-refractivity contribution < 1.29 is 9.18 Å². The summed E-state index contributed by atoms with van der Waals surface area (Å²) in [6.07, 6.45) is 5.84. The lowest BCUT2D eigenvalue weighted by atomic mass is 9.98. The van der Waals surface area contributed by atoms with Crippen LogP contribution in [0.1, 0.15) is 37.7 Å². The first kappa shape index (κ1) is 14.5. The third-order valence-corrected chi connectivity index (χ3v) is 4.93. The van der Waals surface area contributed by atoms with E-state index in [-0.39, 0.29) is 11.7 Å². The van der Waals surface area contributed by atoms with Gasteiger partial charge in [-0.1, -0.05) is 12.1 Å². The van der Waals surface area contributed by atoms with E-state index in [1.165, 1.54) is 25.0 Å². The minimum Gasteiger partial charge on any atom is -0.343 e. The third-order valence-electron chi connectivity index (χ3n) is 4.93. The first-order valence-corrected chi connectivity index (χ1v) is 7.88. The highest BCUT2D eigenvalue weighted by Gasteiger charge is 2.36. The normalized spacial score (nSPS) is 27.6. The number of rotatable bonds is 4. The van der Waals surface area contributed by atoms with E-state index >= 15 is 0 Å². The van der Waals surface area contributed by atoms with E-state index in [4.69, 9.17) is 0 Å². The Bertz CT molecular complexity index is 490. The molecule has 2 aliphatic rings. The molecular formula is C17H23FN2O. The first-order valence-electron chi connectivity index (χ1n) is 7.88. The van der Waals surface area contributed by atoms with E-state index in [9.17, 15) is 9.18 Å². The molecule has 3 rings (SSSR count). The summed E-state index contributed by atoms with van der Waals surface area (Å²) in [4.78, 5) is 14.3. The fraction of sp³-hybridized carbons (Fsp3) is 0.588. The van der Waals surface area contributed by atoms with E-state index in [0.717, 1.165) is 18.4 Å². The van der Waals surface area contributed by atoms with Gasteiger partial charge in [-0.2, -0.15) is 0 Å². The number of nitrogens with one attached hydrogen (secondary N) is 1. The third kappa shape index (κ3) is 3.43. The molecule has 2 heterocycles. The van der Waals surface area contributed by atoms with E-state index in [0.29, 0.717) is 31.0 Å². The Kier molecular flexibility index (Phi) is 4.24. The van der Waals surface area contributed by atoms with Crippen LogP contribution >= 0.6 is 0 Å². The molecule has 2 bridgehead atoms. The SMILES string of the molecule is CN(C(=O)CCc1ccc(F)cc1)C1C[C@@H]2CC[C@@H](C1)N2. The Hall–Kier alpha value is -1.42. The molecular weight excluding hydrogens is 267 g/mol. The molecule has 3 nitrogen and oxygen atoms in total. The van der Waals surface area contributed by atoms with Crippen LogP contribution in [0.15, 0.2) is 24.3 Å². The maximum Gasteiger partial charge on any atom is 0.222 e. The number of carbonyl (C=O) groups excluding carboxylic acids is 1. The summed E-state index contributed by atoms with van der Waals surface area (Å²) in [5, 5.41) is 3.60. The topological polar surface area (TPSA) is 32.3 Å². The highest BCUT2D eigenvalue weighted by Crippen LogP contribution is 2.29. The lowest BCUT2D eigenvalue weighted by molar-refractivity contribution is -0.132. The molecule has 2 saturated heterocycles. The molecule has 1 N–H and O–H groups in total. The number of aryl methyl sites for hydroxylation is 1. The zero-order chi connectivity index (χ0) is 14.8. The number of carbonyl (C=O) groups is 1. The number of benzene rings is 1. The molecule has 114 valence electrons. The molecule has 2 aliphatic heterocycles. The van der Waals surface area contributed by atoms with Crippen molar-refractivity contribution in [1.82, 2.24) is 10.2 Å². The molecule has 2 atom stereocenters. The van der Waals surface area contributed by atoms with Crippen LogP contribution in [0, 0.1) is 5.82 Å². The van der Waals surface area contributed by atoms with Crippen molar-refractivity contribution in [3.63, 3.8) is 0 Å². The minimum atomic E-state index is -0.229. The lowest BCUT2D eigenvalue weighted by Gasteiger charge is -2.35. The lowest BCUT2D eigenvalue weighted by Crippen LogP contribution is -2.48. The van der Waals surface area contributed by atoms with Gasteiger partial charge in [0, 0.05) is 31.6 Å². The van der Waals surface area contributed by atoms with E-state index < -0.39 is 0 Å². The molecule has 4 heteroatoms. The van der Waals surface area contributed by atoms with Crippen LogP contribution < -0.4 is 5.32 Å². The van der Waals surface area contributed by atoms with Crippen LogP contribution in [-0.2, 0) is 11.2 Å². The molecule has 0 unspecified atom stereocenters. The van der Waals surface area contributed by atoms with Crippen LogP contribution in [-0.4, -0.2) is 36.0 Å². The van der Waals surface area contributed by atoms with Gasteiger partial charge in [-0.3, -0.25) is 4.79 Å². The van der Waals surface area contributed by atoms with E-state index in [1.807, 2.05) is 11.9 Å². The van der Waals surface area contributed by atoms with Crippen LogP contribution in [0.25, 0.3) is 0 Å². The van der Waals surface area contributed by atoms with Crippen molar-refractivity contribution in [1.29, 1.82) is 0 Å². The fourth-order valence-corrected chi connectivity index (χ4v) is 3.63. The Labute approximate surface area is 125 Å².